The fourth-order valence-electron chi connectivity index (χ4n) is 2.53. The Hall–Kier alpha value is -1.34. The molecule has 1 fully saturated rings. The van der Waals surface area contributed by atoms with Crippen LogP contribution in [0.1, 0.15) is 18.4 Å². The standard InChI is InChI=1S/C16H18Cl2N4OS/c17-14-4-3-11(6-15(14)18)9-22-10-12(7-20-22)21-16(24)19-8-13-2-1-5-23-13/h3-4,6-7,10,13H,1-2,5,8-9H2,(H2,19,21,24). The van der Waals surface area contributed by atoms with Crippen LogP contribution in [0.4, 0.5) is 5.69 Å². The number of ether oxygens (including phenoxy) is 1. The van der Waals surface area contributed by atoms with Crippen LogP contribution in [-0.4, -0.2) is 34.1 Å². The maximum atomic E-state index is 6.03. The normalized spacial score (nSPS) is 17.0. The van der Waals surface area contributed by atoms with Gasteiger partial charge in [-0.25, -0.2) is 0 Å². The van der Waals surface area contributed by atoms with E-state index in [4.69, 9.17) is 40.2 Å². The lowest BCUT2D eigenvalue weighted by Gasteiger charge is -2.13. The Balaban J connectivity index is 1.51. The van der Waals surface area contributed by atoms with E-state index in [1.54, 1.807) is 12.3 Å². The Kier molecular flexibility index (Phi) is 5.94. The molecular formula is C16H18Cl2N4OS. The number of hydrogen-bond donors (Lipinski definition) is 2. The van der Waals surface area contributed by atoms with Crippen molar-refractivity contribution >= 4 is 46.2 Å². The number of thiocarbonyl (C=S) groups is 1. The molecule has 3 rings (SSSR count). The van der Waals surface area contributed by atoms with Crippen molar-refractivity contribution in [3.63, 3.8) is 0 Å². The summed E-state index contributed by atoms with van der Waals surface area (Å²) < 4.78 is 7.37. The smallest absolute Gasteiger partial charge is 0.170 e. The Labute approximate surface area is 156 Å². The predicted molar refractivity (Wildman–Crippen MR) is 101 cm³/mol. The van der Waals surface area contributed by atoms with Crippen molar-refractivity contribution in [2.24, 2.45) is 0 Å². The summed E-state index contributed by atoms with van der Waals surface area (Å²) >= 11 is 17.3. The topological polar surface area (TPSA) is 51.1 Å². The third kappa shape index (κ3) is 4.83. The van der Waals surface area contributed by atoms with Crippen molar-refractivity contribution in [1.82, 2.24) is 15.1 Å². The van der Waals surface area contributed by atoms with Crippen LogP contribution in [-0.2, 0) is 11.3 Å². The third-order valence-corrected chi connectivity index (χ3v) is 4.72. The molecule has 0 saturated carbocycles. The fourth-order valence-corrected chi connectivity index (χ4v) is 3.05. The summed E-state index contributed by atoms with van der Waals surface area (Å²) in [6, 6.07) is 5.55. The van der Waals surface area contributed by atoms with Crippen molar-refractivity contribution in [1.29, 1.82) is 0 Å². The maximum absolute atomic E-state index is 6.03. The van der Waals surface area contributed by atoms with Gasteiger partial charge in [0, 0.05) is 19.3 Å². The summed E-state index contributed by atoms with van der Waals surface area (Å²) in [7, 11) is 0. The number of aromatic nitrogens is 2. The molecule has 1 aliphatic heterocycles. The molecule has 0 radical (unpaired) electrons. The van der Waals surface area contributed by atoms with Gasteiger partial charge < -0.3 is 15.4 Å². The monoisotopic (exact) mass is 384 g/mol. The lowest BCUT2D eigenvalue weighted by molar-refractivity contribution is 0.114. The average Bonchev–Trinajstić information content (AvgIpc) is 3.21. The molecular weight excluding hydrogens is 367 g/mol. The highest BCUT2D eigenvalue weighted by Gasteiger charge is 2.15. The van der Waals surface area contributed by atoms with Gasteiger partial charge in [-0.05, 0) is 42.8 Å². The van der Waals surface area contributed by atoms with E-state index in [0.717, 1.165) is 37.2 Å². The van der Waals surface area contributed by atoms with Gasteiger partial charge in [-0.1, -0.05) is 29.3 Å². The van der Waals surface area contributed by atoms with Crippen molar-refractivity contribution in [3.8, 4) is 0 Å². The summed E-state index contributed by atoms with van der Waals surface area (Å²) in [5, 5.41) is 12.3. The minimum absolute atomic E-state index is 0.252. The van der Waals surface area contributed by atoms with Crippen LogP contribution in [0, 0.1) is 0 Å². The minimum atomic E-state index is 0.252. The molecule has 1 atom stereocenters. The van der Waals surface area contributed by atoms with E-state index in [2.05, 4.69) is 15.7 Å². The van der Waals surface area contributed by atoms with Crippen LogP contribution < -0.4 is 10.6 Å². The van der Waals surface area contributed by atoms with Crippen molar-refractivity contribution in [2.75, 3.05) is 18.5 Å². The lowest BCUT2D eigenvalue weighted by atomic mass is 10.2. The second-order valence-electron chi connectivity index (χ2n) is 5.65. The summed E-state index contributed by atoms with van der Waals surface area (Å²) in [5.41, 5.74) is 1.86. The molecule has 24 heavy (non-hydrogen) atoms. The number of halogens is 2. The van der Waals surface area contributed by atoms with Crippen LogP contribution in [0.25, 0.3) is 0 Å². The molecule has 2 heterocycles. The zero-order valence-electron chi connectivity index (χ0n) is 13.0. The van der Waals surface area contributed by atoms with Crippen molar-refractivity contribution in [3.05, 3.63) is 46.2 Å². The van der Waals surface area contributed by atoms with Gasteiger partial charge in [-0.15, -0.1) is 0 Å². The summed E-state index contributed by atoms with van der Waals surface area (Å²) in [6.45, 7) is 2.17. The second-order valence-corrected chi connectivity index (χ2v) is 6.87. The number of rotatable bonds is 5. The van der Waals surface area contributed by atoms with E-state index < -0.39 is 0 Å². The van der Waals surface area contributed by atoms with Gasteiger partial charge in [-0.2, -0.15) is 5.10 Å². The Bertz CT molecular complexity index is 716. The first-order valence-corrected chi connectivity index (χ1v) is 8.89. The van der Waals surface area contributed by atoms with Gasteiger partial charge in [0.05, 0.1) is 34.6 Å². The van der Waals surface area contributed by atoms with Crippen LogP contribution in [0.15, 0.2) is 30.6 Å². The first kappa shape index (κ1) is 17.5. The fraction of sp³-hybridized carbons (Fsp3) is 0.375. The second kappa shape index (κ2) is 8.16. The van der Waals surface area contributed by atoms with Gasteiger partial charge in [0.25, 0.3) is 0 Å². The molecule has 2 N–H and O–H groups in total. The molecule has 0 bridgehead atoms. The maximum Gasteiger partial charge on any atom is 0.170 e. The molecule has 0 spiro atoms. The van der Waals surface area contributed by atoms with E-state index in [1.165, 1.54) is 0 Å². The largest absolute Gasteiger partial charge is 0.376 e. The molecule has 1 aliphatic rings. The molecule has 8 heteroatoms. The molecule has 128 valence electrons. The average molecular weight is 385 g/mol. The van der Waals surface area contributed by atoms with Crippen LogP contribution >= 0.6 is 35.4 Å². The predicted octanol–water partition coefficient (Wildman–Crippen LogP) is 3.70. The van der Waals surface area contributed by atoms with Crippen molar-refractivity contribution in [2.45, 2.75) is 25.5 Å². The quantitative estimate of drug-likeness (QED) is 0.769. The number of hydrogen-bond acceptors (Lipinski definition) is 3. The summed E-state index contributed by atoms with van der Waals surface area (Å²) in [5.74, 6) is 0. The van der Waals surface area contributed by atoms with Crippen LogP contribution in [0.3, 0.4) is 0 Å². The molecule has 1 aromatic heterocycles. The molecule has 0 amide bonds. The van der Waals surface area contributed by atoms with Gasteiger partial charge in [-0.3, -0.25) is 4.68 Å². The third-order valence-electron chi connectivity index (χ3n) is 3.73. The SMILES string of the molecule is S=C(NCC1CCCO1)Nc1cnn(Cc2ccc(Cl)c(Cl)c2)c1. The van der Waals surface area contributed by atoms with Gasteiger partial charge in [0.2, 0.25) is 0 Å². The van der Waals surface area contributed by atoms with Gasteiger partial charge in [0.1, 0.15) is 0 Å². The molecule has 5 nitrogen and oxygen atoms in total. The van der Waals surface area contributed by atoms with E-state index in [9.17, 15) is 0 Å². The zero-order valence-corrected chi connectivity index (χ0v) is 15.3. The first-order chi connectivity index (χ1) is 11.6. The zero-order chi connectivity index (χ0) is 16.9. The molecule has 0 aliphatic carbocycles. The first-order valence-electron chi connectivity index (χ1n) is 7.73. The molecule has 1 saturated heterocycles. The van der Waals surface area contributed by atoms with Crippen LogP contribution in [0.2, 0.25) is 10.0 Å². The summed E-state index contributed by atoms with van der Waals surface area (Å²) in [6.07, 6.45) is 6.08. The van der Waals surface area contributed by atoms with E-state index >= 15 is 0 Å². The number of benzene rings is 1. The minimum Gasteiger partial charge on any atom is -0.376 e. The number of nitrogens with zero attached hydrogens (tertiary/aromatic N) is 2. The lowest BCUT2D eigenvalue weighted by Crippen LogP contribution is -2.34. The molecule has 2 aromatic rings. The summed E-state index contributed by atoms with van der Waals surface area (Å²) in [4.78, 5) is 0. The van der Waals surface area contributed by atoms with Crippen molar-refractivity contribution < 1.29 is 4.74 Å². The molecule has 1 aromatic carbocycles. The van der Waals surface area contributed by atoms with Gasteiger partial charge in [0.15, 0.2) is 5.11 Å². The highest BCUT2D eigenvalue weighted by molar-refractivity contribution is 7.80. The Morgan fingerprint density at radius 3 is 3.00 bits per heavy atom. The Morgan fingerprint density at radius 2 is 2.25 bits per heavy atom. The number of anilines is 1. The number of nitrogens with one attached hydrogen (secondary N) is 2. The molecule has 1 unspecified atom stereocenters. The van der Waals surface area contributed by atoms with E-state index in [-0.39, 0.29) is 6.10 Å². The van der Waals surface area contributed by atoms with E-state index in [0.29, 0.717) is 21.7 Å². The highest BCUT2D eigenvalue weighted by Crippen LogP contribution is 2.23. The van der Waals surface area contributed by atoms with E-state index in [1.807, 2.05) is 23.0 Å². The Morgan fingerprint density at radius 1 is 1.38 bits per heavy atom. The highest BCUT2D eigenvalue weighted by atomic mass is 35.5. The van der Waals surface area contributed by atoms with Crippen LogP contribution in [0.5, 0.6) is 0 Å². The van der Waals surface area contributed by atoms with Gasteiger partial charge >= 0.3 is 0 Å².